The average molecular weight is 322 g/mol. The van der Waals surface area contributed by atoms with Gasteiger partial charge < -0.3 is 5.32 Å². The molecule has 3 aromatic rings. The van der Waals surface area contributed by atoms with Gasteiger partial charge in [-0.15, -0.1) is 0 Å². The van der Waals surface area contributed by atoms with Crippen LogP contribution in [0.4, 0.5) is 0 Å². The summed E-state index contributed by atoms with van der Waals surface area (Å²) in [6.45, 7) is 6.92. The van der Waals surface area contributed by atoms with Crippen molar-refractivity contribution in [3.63, 3.8) is 0 Å². The van der Waals surface area contributed by atoms with Gasteiger partial charge in [0.15, 0.2) is 0 Å². The molecule has 0 aliphatic rings. The van der Waals surface area contributed by atoms with E-state index < -0.39 is 0 Å². The van der Waals surface area contributed by atoms with Crippen LogP contribution in [0.2, 0.25) is 0 Å². The van der Waals surface area contributed by atoms with Gasteiger partial charge in [-0.1, -0.05) is 26.0 Å². The Balaban J connectivity index is 1.85. The van der Waals surface area contributed by atoms with Gasteiger partial charge in [0.1, 0.15) is 5.65 Å². The zero-order valence-electron chi connectivity index (χ0n) is 14.2. The van der Waals surface area contributed by atoms with Gasteiger partial charge >= 0.3 is 0 Å². The van der Waals surface area contributed by atoms with E-state index in [2.05, 4.69) is 42.1 Å². The third kappa shape index (κ3) is 3.36. The van der Waals surface area contributed by atoms with Crippen LogP contribution in [-0.2, 0) is 6.54 Å². The summed E-state index contributed by atoms with van der Waals surface area (Å²) in [7, 11) is 0. The van der Waals surface area contributed by atoms with Crippen molar-refractivity contribution in [1.82, 2.24) is 19.7 Å². The number of fused-ring (bicyclic) bond motifs is 1. The summed E-state index contributed by atoms with van der Waals surface area (Å²) >= 11 is 0. The van der Waals surface area contributed by atoms with Crippen LogP contribution in [0, 0.1) is 12.8 Å². The highest BCUT2D eigenvalue weighted by Crippen LogP contribution is 2.22. The summed E-state index contributed by atoms with van der Waals surface area (Å²) < 4.78 is 1.55. The number of aryl methyl sites for hydroxylation is 1. The van der Waals surface area contributed by atoms with Crippen molar-refractivity contribution in [2.45, 2.75) is 33.4 Å². The molecule has 0 aliphatic carbocycles. The van der Waals surface area contributed by atoms with E-state index in [-0.39, 0.29) is 11.6 Å². The molecule has 1 N–H and O–H groups in total. The molecule has 0 spiro atoms. The molecule has 0 radical (unpaired) electrons. The van der Waals surface area contributed by atoms with Gasteiger partial charge in [0.25, 0.3) is 5.56 Å². The second-order valence-electron chi connectivity index (χ2n) is 6.32. The van der Waals surface area contributed by atoms with E-state index in [1.165, 1.54) is 0 Å². The summed E-state index contributed by atoms with van der Waals surface area (Å²) in [5.74, 6) is 0.375. The third-order valence-corrected chi connectivity index (χ3v) is 4.14. The van der Waals surface area contributed by atoms with E-state index in [0.29, 0.717) is 18.1 Å². The van der Waals surface area contributed by atoms with E-state index in [9.17, 15) is 4.79 Å². The molecule has 1 unspecified atom stereocenters. The van der Waals surface area contributed by atoms with Crippen molar-refractivity contribution in [2.75, 3.05) is 0 Å². The molecule has 1 atom stereocenters. The largest absolute Gasteiger partial charge is 0.303 e. The van der Waals surface area contributed by atoms with Crippen LogP contribution >= 0.6 is 0 Å². The van der Waals surface area contributed by atoms with E-state index in [1.54, 1.807) is 16.7 Å². The van der Waals surface area contributed by atoms with Crippen LogP contribution in [0.5, 0.6) is 0 Å². The van der Waals surface area contributed by atoms with E-state index in [4.69, 9.17) is 0 Å². The highest BCUT2D eigenvalue weighted by Gasteiger charge is 2.18. The monoisotopic (exact) mass is 322 g/mol. The Morgan fingerprint density at radius 1 is 1.21 bits per heavy atom. The van der Waals surface area contributed by atoms with Gasteiger partial charge in [0, 0.05) is 25.0 Å². The Hall–Kier alpha value is -2.53. The minimum Gasteiger partial charge on any atom is -0.303 e. The Kier molecular flexibility index (Phi) is 4.71. The molecule has 3 heterocycles. The van der Waals surface area contributed by atoms with E-state index in [0.717, 1.165) is 17.0 Å². The first kappa shape index (κ1) is 16.3. The Labute approximate surface area is 141 Å². The van der Waals surface area contributed by atoms with Crippen LogP contribution in [0.25, 0.3) is 5.65 Å². The zero-order valence-corrected chi connectivity index (χ0v) is 14.2. The highest BCUT2D eigenvalue weighted by atomic mass is 16.1. The maximum atomic E-state index is 12.2. The summed E-state index contributed by atoms with van der Waals surface area (Å²) in [5.41, 5.74) is 3.55. The Bertz CT molecular complexity index is 901. The first-order chi connectivity index (χ1) is 11.6. The number of pyridine rings is 2. The summed E-state index contributed by atoms with van der Waals surface area (Å²) in [5, 5.41) is 3.51. The van der Waals surface area contributed by atoms with Crippen LogP contribution in [0.15, 0.2) is 53.6 Å². The van der Waals surface area contributed by atoms with Gasteiger partial charge in [-0.3, -0.25) is 14.2 Å². The van der Waals surface area contributed by atoms with Gasteiger partial charge in [0.05, 0.1) is 17.4 Å². The molecule has 0 aromatic carbocycles. The number of rotatable bonds is 5. The topological polar surface area (TPSA) is 59.3 Å². The standard InChI is InChI=1S/C19H22N4O/c1-13(2)18(19-14(3)7-6-9-20-19)21-12-15-11-17(24)23-10-5-4-8-16(23)22-15/h4-11,13,18,21H,12H2,1-3H3. The Morgan fingerprint density at radius 3 is 2.79 bits per heavy atom. The molecule has 0 saturated carbocycles. The maximum absolute atomic E-state index is 12.2. The van der Waals surface area contributed by atoms with Crippen molar-refractivity contribution in [2.24, 2.45) is 5.92 Å². The fraction of sp³-hybridized carbons (Fsp3) is 0.316. The van der Waals surface area contributed by atoms with Gasteiger partial charge in [-0.2, -0.15) is 0 Å². The van der Waals surface area contributed by atoms with E-state index in [1.807, 2.05) is 30.5 Å². The number of nitrogens with one attached hydrogen (secondary N) is 1. The lowest BCUT2D eigenvalue weighted by Crippen LogP contribution is -2.28. The zero-order chi connectivity index (χ0) is 17.1. The lowest BCUT2D eigenvalue weighted by Gasteiger charge is -2.23. The molecule has 5 heteroatoms. The molecule has 24 heavy (non-hydrogen) atoms. The van der Waals surface area contributed by atoms with Crippen LogP contribution < -0.4 is 10.9 Å². The molecule has 0 aliphatic heterocycles. The minimum atomic E-state index is -0.0625. The lowest BCUT2D eigenvalue weighted by atomic mass is 9.97. The van der Waals surface area contributed by atoms with Crippen LogP contribution in [0.1, 0.15) is 36.8 Å². The SMILES string of the molecule is Cc1cccnc1C(NCc1cc(=O)n2ccccc2n1)C(C)C. The molecule has 124 valence electrons. The first-order valence-corrected chi connectivity index (χ1v) is 8.18. The molecule has 5 nitrogen and oxygen atoms in total. The number of nitrogens with zero attached hydrogens (tertiary/aromatic N) is 3. The molecular weight excluding hydrogens is 300 g/mol. The first-order valence-electron chi connectivity index (χ1n) is 8.18. The molecule has 0 fully saturated rings. The van der Waals surface area contributed by atoms with Crippen molar-refractivity contribution >= 4 is 5.65 Å². The normalized spacial score (nSPS) is 12.7. The molecule has 0 bridgehead atoms. The lowest BCUT2D eigenvalue weighted by molar-refractivity contribution is 0.398. The van der Waals surface area contributed by atoms with Crippen molar-refractivity contribution in [1.29, 1.82) is 0 Å². The minimum absolute atomic E-state index is 0.0625. The molecule has 0 amide bonds. The predicted molar refractivity (Wildman–Crippen MR) is 94.9 cm³/mol. The predicted octanol–water partition coefficient (Wildman–Crippen LogP) is 2.88. The van der Waals surface area contributed by atoms with Crippen LogP contribution in [-0.4, -0.2) is 14.4 Å². The Morgan fingerprint density at radius 2 is 2.04 bits per heavy atom. The fourth-order valence-corrected chi connectivity index (χ4v) is 2.88. The van der Waals surface area contributed by atoms with Crippen LogP contribution in [0.3, 0.4) is 0 Å². The number of hydrogen-bond acceptors (Lipinski definition) is 4. The number of aromatic nitrogens is 3. The summed E-state index contributed by atoms with van der Waals surface area (Å²) in [6, 6.07) is 11.3. The molecule has 3 rings (SSSR count). The number of hydrogen-bond donors (Lipinski definition) is 1. The maximum Gasteiger partial charge on any atom is 0.258 e. The molecule has 0 saturated heterocycles. The fourth-order valence-electron chi connectivity index (χ4n) is 2.88. The summed E-state index contributed by atoms with van der Waals surface area (Å²) in [6.07, 6.45) is 3.55. The van der Waals surface area contributed by atoms with Gasteiger partial charge in [-0.25, -0.2) is 4.98 Å². The molecule has 3 aromatic heterocycles. The smallest absolute Gasteiger partial charge is 0.258 e. The third-order valence-electron chi connectivity index (χ3n) is 4.14. The van der Waals surface area contributed by atoms with Crippen molar-refractivity contribution < 1.29 is 0 Å². The summed E-state index contributed by atoms with van der Waals surface area (Å²) in [4.78, 5) is 21.3. The van der Waals surface area contributed by atoms with Crippen molar-refractivity contribution in [3.8, 4) is 0 Å². The van der Waals surface area contributed by atoms with Gasteiger partial charge in [-0.05, 0) is 36.6 Å². The average Bonchev–Trinajstić information content (AvgIpc) is 2.56. The quantitative estimate of drug-likeness (QED) is 0.785. The van der Waals surface area contributed by atoms with Gasteiger partial charge in [0.2, 0.25) is 0 Å². The van der Waals surface area contributed by atoms with E-state index >= 15 is 0 Å². The molecular formula is C19H22N4O. The second-order valence-corrected chi connectivity index (χ2v) is 6.32. The highest BCUT2D eigenvalue weighted by molar-refractivity contribution is 5.38. The van der Waals surface area contributed by atoms with Crippen molar-refractivity contribution in [3.05, 3.63) is 76.1 Å². The second kappa shape index (κ2) is 6.93.